The second-order valence-electron chi connectivity index (χ2n) is 4.03. The standard InChI is InChI=1S/C13H20BrNO3/c1-4-17-12-6-10(7-15-3)5-11(14)13(12)18-8-9(2)16/h5-6,9,15-16H,4,7-8H2,1-3H3. The summed E-state index contributed by atoms with van der Waals surface area (Å²) in [7, 11) is 1.89. The van der Waals surface area contributed by atoms with E-state index in [4.69, 9.17) is 9.47 Å². The van der Waals surface area contributed by atoms with Gasteiger partial charge in [0.05, 0.1) is 17.2 Å². The van der Waals surface area contributed by atoms with Gasteiger partial charge >= 0.3 is 0 Å². The number of aliphatic hydroxyl groups excluding tert-OH is 1. The fourth-order valence-electron chi connectivity index (χ4n) is 1.53. The fourth-order valence-corrected chi connectivity index (χ4v) is 2.14. The van der Waals surface area contributed by atoms with Gasteiger partial charge in [-0.2, -0.15) is 0 Å². The minimum absolute atomic E-state index is 0.240. The summed E-state index contributed by atoms with van der Waals surface area (Å²) in [6, 6.07) is 3.93. The largest absolute Gasteiger partial charge is 0.490 e. The van der Waals surface area contributed by atoms with E-state index < -0.39 is 6.10 Å². The van der Waals surface area contributed by atoms with Crippen LogP contribution in [-0.2, 0) is 6.54 Å². The molecule has 0 saturated heterocycles. The maximum absolute atomic E-state index is 9.27. The van der Waals surface area contributed by atoms with Crippen LogP contribution in [0.25, 0.3) is 0 Å². The molecule has 0 radical (unpaired) electrons. The van der Waals surface area contributed by atoms with Crippen molar-refractivity contribution in [2.24, 2.45) is 0 Å². The Morgan fingerprint density at radius 3 is 2.67 bits per heavy atom. The van der Waals surface area contributed by atoms with E-state index in [9.17, 15) is 5.11 Å². The van der Waals surface area contributed by atoms with Gasteiger partial charge in [0, 0.05) is 6.54 Å². The Kier molecular flexibility index (Phi) is 6.46. The Morgan fingerprint density at radius 1 is 1.39 bits per heavy atom. The summed E-state index contributed by atoms with van der Waals surface area (Å²) >= 11 is 3.47. The third-order valence-electron chi connectivity index (χ3n) is 2.22. The third kappa shape index (κ3) is 4.48. The van der Waals surface area contributed by atoms with Crippen LogP contribution in [0.3, 0.4) is 0 Å². The number of ether oxygens (including phenoxy) is 2. The normalized spacial score (nSPS) is 12.3. The molecule has 1 atom stereocenters. The molecule has 4 nitrogen and oxygen atoms in total. The van der Waals surface area contributed by atoms with Gasteiger partial charge in [0.15, 0.2) is 11.5 Å². The van der Waals surface area contributed by atoms with Crippen LogP contribution >= 0.6 is 15.9 Å². The summed E-state index contributed by atoms with van der Waals surface area (Å²) in [5.41, 5.74) is 1.11. The van der Waals surface area contributed by atoms with Crippen molar-refractivity contribution in [2.75, 3.05) is 20.3 Å². The minimum atomic E-state index is -0.511. The van der Waals surface area contributed by atoms with Crippen LogP contribution in [0.15, 0.2) is 16.6 Å². The van der Waals surface area contributed by atoms with Crippen molar-refractivity contribution in [1.82, 2.24) is 5.32 Å². The zero-order valence-corrected chi connectivity index (χ0v) is 12.6. The highest BCUT2D eigenvalue weighted by Crippen LogP contribution is 2.37. The van der Waals surface area contributed by atoms with E-state index in [0.29, 0.717) is 18.1 Å². The molecule has 0 aliphatic carbocycles. The molecule has 0 heterocycles. The highest BCUT2D eigenvalue weighted by molar-refractivity contribution is 9.10. The molecular weight excluding hydrogens is 298 g/mol. The van der Waals surface area contributed by atoms with Crippen LogP contribution in [0.5, 0.6) is 11.5 Å². The number of halogens is 1. The Balaban J connectivity index is 2.98. The average Bonchev–Trinajstić information content (AvgIpc) is 2.28. The number of benzene rings is 1. The maximum atomic E-state index is 9.27. The van der Waals surface area contributed by atoms with Crippen molar-refractivity contribution in [2.45, 2.75) is 26.5 Å². The van der Waals surface area contributed by atoms with Crippen LogP contribution < -0.4 is 14.8 Å². The summed E-state index contributed by atoms with van der Waals surface area (Å²) in [4.78, 5) is 0. The quantitative estimate of drug-likeness (QED) is 0.810. The first-order valence-corrected chi connectivity index (χ1v) is 6.78. The van der Waals surface area contributed by atoms with E-state index in [0.717, 1.165) is 16.6 Å². The van der Waals surface area contributed by atoms with Crippen molar-refractivity contribution >= 4 is 15.9 Å². The van der Waals surface area contributed by atoms with E-state index in [1.807, 2.05) is 26.1 Å². The molecule has 0 saturated carbocycles. The van der Waals surface area contributed by atoms with Crippen LogP contribution in [-0.4, -0.2) is 31.5 Å². The number of hydrogen-bond acceptors (Lipinski definition) is 4. The number of hydrogen-bond donors (Lipinski definition) is 2. The molecule has 5 heteroatoms. The van der Waals surface area contributed by atoms with Crippen molar-refractivity contribution < 1.29 is 14.6 Å². The monoisotopic (exact) mass is 317 g/mol. The molecule has 1 aromatic rings. The Bertz CT molecular complexity index is 383. The Morgan fingerprint density at radius 2 is 2.11 bits per heavy atom. The first kappa shape index (κ1) is 15.3. The molecule has 2 N–H and O–H groups in total. The lowest BCUT2D eigenvalue weighted by Crippen LogP contribution is -2.14. The molecular formula is C13H20BrNO3. The van der Waals surface area contributed by atoms with Gasteiger partial charge in [0.2, 0.25) is 0 Å². The van der Waals surface area contributed by atoms with Gasteiger partial charge in [0.1, 0.15) is 6.61 Å². The van der Waals surface area contributed by atoms with Crippen LogP contribution in [0.4, 0.5) is 0 Å². The molecule has 1 rings (SSSR count). The van der Waals surface area contributed by atoms with Gasteiger partial charge in [-0.15, -0.1) is 0 Å². The molecule has 0 spiro atoms. The lowest BCUT2D eigenvalue weighted by Gasteiger charge is -2.16. The molecule has 1 aromatic carbocycles. The average molecular weight is 318 g/mol. The van der Waals surface area contributed by atoms with Crippen molar-refractivity contribution in [3.05, 3.63) is 22.2 Å². The molecule has 0 bridgehead atoms. The fraction of sp³-hybridized carbons (Fsp3) is 0.538. The van der Waals surface area contributed by atoms with E-state index in [1.54, 1.807) is 6.92 Å². The van der Waals surface area contributed by atoms with Gasteiger partial charge in [-0.05, 0) is 54.5 Å². The SMILES string of the molecule is CCOc1cc(CNC)cc(Br)c1OCC(C)O. The lowest BCUT2D eigenvalue weighted by atomic mass is 10.2. The Labute approximate surface area is 116 Å². The van der Waals surface area contributed by atoms with Gasteiger partial charge in [0.25, 0.3) is 0 Å². The van der Waals surface area contributed by atoms with Crippen molar-refractivity contribution in [1.29, 1.82) is 0 Å². The summed E-state index contributed by atoms with van der Waals surface area (Å²) < 4.78 is 12.0. The molecule has 0 aliphatic heterocycles. The van der Waals surface area contributed by atoms with Crippen molar-refractivity contribution in [3.8, 4) is 11.5 Å². The van der Waals surface area contributed by atoms with Gasteiger partial charge in [-0.25, -0.2) is 0 Å². The van der Waals surface area contributed by atoms with E-state index >= 15 is 0 Å². The van der Waals surface area contributed by atoms with E-state index in [-0.39, 0.29) is 6.61 Å². The molecule has 18 heavy (non-hydrogen) atoms. The van der Waals surface area contributed by atoms with Crippen molar-refractivity contribution in [3.63, 3.8) is 0 Å². The smallest absolute Gasteiger partial charge is 0.175 e. The highest BCUT2D eigenvalue weighted by atomic mass is 79.9. The molecule has 0 amide bonds. The summed E-state index contributed by atoms with van der Waals surface area (Å²) in [6.07, 6.45) is -0.511. The maximum Gasteiger partial charge on any atom is 0.175 e. The van der Waals surface area contributed by atoms with Gasteiger partial charge in [-0.1, -0.05) is 0 Å². The number of aliphatic hydroxyl groups is 1. The second-order valence-corrected chi connectivity index (χ2v) is 4.88. The molecule has 0 aliphatic rings. The predicted molar refractivity (Wildman–Crippen MR) is 75.3 cm³/mol. The first-order valence-electron chi connectivity index (χ1n) is 5.99. The predicted octanol–water partition coefficient (Wildman–Crippen LogP) is 2.33. The topological polar surface area (TPSA) is 50.7 Å². The minimum Gasteiger partial charge on any atom is -0.490 e. The zero-order chi connectivity index (χ0) is 13.5. The lowest BCUT2D eigenvalue weighted by molar-refractivity contribution is 0.119. The summed E-state index contributed by atoms with van der Waals surface area (Å²) in [5, 5.41) is 12.4. The molecule has 1 unspecified atom stereocenters. The van der Waals surface area contributed by atoms with Crippen LogP contribution in [0.1, 0.15) is 19.4 Å². The molecule has 102 valence electrons. The zero-order valence-electron chi connectivity index (χ0n) is 11.0. The molecule has 0 fully saturated rings. The van der Waals surface area contributed by atoms with Gasteiger partial charge in [-0.3, -0.25) is 0 Å². The summed E-state index contributed by atoms with van der Waals surface area (Å²) in [5.74, 6) is 1.33. The Hall–Kier alpha value is -0.780. The van der Waals surface area contributed by atoms with E-state index in [1.165, 1.54) is 0 Å². The summed E-state index contributed by atoms with van der Waals surface area (Å²) in [6.45, 7) is 5.18. The first-order chi connectivity index (χ1) is 8.58. The number of nitrogens with one attached hydrogen (secondary N) is 1. The third-order valence-corrected chi connectivity index (χ3v) is 2.81. The number of rotatable bonds is 7. The van der Waals surface area contributed by atoms with Crippen LogP contribution in [0.2, 0.25) is 0 Å². The highest BCUT2D eigenvalue weighted by Gasteiger charge is 2.12. The van der Waals surface area contributed by atoms with Crippen LogP contribution in [0, 0.1) is 0 Å². The van der Waals surface area contributed by atoms with Gasteiger partial charge < -0.3 is 19.9 Å². The second kappa shape index (κ2) is 7.61. The van der Waals surface area contributed by atoms with E-state index in [2.05, 4.69) is 21.2 Å². The molecule has 0 aromatic heterocycles.